The van der Waals surface area contributed by atoms with Crippen LogP contribution in [0.2, 0.25) is 0 Å². The minimum Gasteiger partial charge on any atom is -0.282 e. The SMILES string of the molecule is CC1Cc2ccccc2N1NC(=O)c1ccccc1. The van der Waals surface area contributed by atoms with Gasteiger partial charge in [0, 0.05) is 5.56 Å². The second kappa shape index (κ2) is 4.76. The second-order valence-electron chi connectivity index (χ2n) is 4.86. The van der Waals surface area contributed by atoms with E-state index in [0.717, 1.165) is 12.1 Å². The molecule has 1 aliphatic heterocycles. The van der Waals surface area contributed by atoms with Crippen molar-refractivity contribution in [2.45, 2.75) is 19.4 Å². The zero-order valence-corrected chi connectivity index (χ0v) is 10.8. The van der Waals surface area contributed by atoms with E-state index in [1.54, 1.807) is 0 Å². The zero-order valence-electron chi connectivity index (χ0n) is 10.8. The van der Waals surface area contributed by atoms with Crippen molar-refractivity contribution in [2.24, 2.45) is 0 Å². The van der Waals surface area contributed by atoms with Crippen molar-refractivity contribution in [3.05, 3.63) is 65.7 Å². The number of hydrazine groups is 1. The van der Waals surface area contributed by atoms with E-state index >= 15 is 0 Å². The molecule has 0 saturated heterocycles. The summed E-state index contributed by atoms with van der Waals surface area (Å²) in [6.07, 6.45) is 0.964. The Morgan fingerprint density at radius 2 is 1.79 bits per heavy atom. The number of hydrogen-bond acceptors (Lipinski definition) is 2. The molecular formula is C16H16N2O. The third-order valence-corrected chi connectivity index (χ3v) is 3.47. The highest BCUT2D eigenvalue weighted by Gasteiger charge is 2.27. The van der Waals surface area contributed by atoms with Crippen LogP contribution in [0.1, 0.15) is 22.8 Å². The summed E-state index contributed by atoms with van der Waals surface area (Å²) in [7, 11) is 0. The van der Waals surface area contributed by atoms with Gasteiger partial charge in [0.1, 0.15) is 0 Å². The van der Waals surface area contributed by atoms with Gasteiger partial charge in [-0.3, -0.25) is 15.2 Å². The predicted molar refractivity (Wildman–Crippen MR) is 76.0 cm³/mol. The average molecular weight is 252 g/mol. The molecule has 1 heterocycles. The van der Waals surface area contributed by atoms with Crippen LogP contribution in [0, 0.1) is 0 Å². The molecule has 3 rings (SSSR count). The fraction of sp³-hybridized carbons (Fsp3) is 0.188. The van der Waals surface area contributed by atoms with Crippen LogP contribution < -0.4 is 10.4 Å². The zero-order chi connectivity index (χ0) is 13.2. The van der Waals surface area contributed by atoms with Crippen molar-refractivity contribution in [1.29, 1.82) is 0 Å². The number of rotatable bonds is 2. The first kappa shape index (κ1) is 11.8. The molecule has 1 amide bonds. The molecule has 2 aromatic rings. The van der Waals surface area contributed by atoms with E-state index < -0.39 is 0 Å². The summed E-state index contributed by atoms with van der Waals surface area (Å²) in [5, 5.41) is 1.96. The quantitative estimate of drug-likeness (QED) is 0.891. The summed E-state index contributed by atoms with van der Waals surface area (Å²) >= 11 is 0. The monoisotopic (exact) mass is 252 g/mol. The molecule has 3 nitrogen and oxygen atoms in total. The van der Waals surface area contributed by atoms with E-state index in [4.69, 9.17) is 0 Å². The second-order valence-corrected chi connectivity index (χ2v) is 4.86. The standard InChI is InChI=1S/C16H16N2O/c1-12-11-14-9-5-6-10-15(14)18(12)17-16(19)13-7-3-2-4-8-13/h2-10,12H,11H2,1H3,(H,17,19). The lowest BCUT2D eigenvalue weighted by atomic mass is 10.1. The molecule has 96 valence electrons. The molecule has 0 radical (unpaired) electrons. The van der Waals surface area contributed by atoms with E-state index in [-0.39, 0.29) is 11.9 Å². The van der Waals surface area contributed by atoms with Gasteiger partial charge < -0.3 is 0 Å². The van der Waals surface area contributed by atoms with Gasteiger partial charge in [-0.15, -0.1) is 0 Å². The highest BCUT2D eigenvalue weighted by molar-refractivity contribution is 5.95. The number of carbonyl (C=O) groups is 1. The van der Waals surface area contributed by atoms with Crippen molar-refractivity contribution in [3.8, 4) is 0 Å². The summed E-state index contributed by atoms with van der Waals surface area (Å²) in [6.45, 7) is 2.12. The number of anilines is 1. The van der Waals surface area contributed by atoms with Crippen molar-refractivity contribution in [3.63, 3.8) is 0 Å². The molecule has 1 atom stereocenters. The normalized spacial score (nSPS) is 17.1. The summed E-state index contributed by atoms with van der Waals surface area (Å²) < 4.78 is 0. The van der Waals surface area contributed by atoms with E-state index in [1.165, 1.54) is 5.56 Å². The van der Waals surface area contributed by atoms with Crippen LogP contribution in [-0.2, 0) is 6.42 Å². The molecule has 1 unspecified atom stereocenters. The lowest BCUT2D eigenvalue weighted by molar-refractivity contribution is 0.0946. The Bertz CT molecular complexity index is 595. The van der Waals surface area contributed by atoms with E-state index in [1.807, 2.05) is 53.5 Å². The Labute approximate surface area is 112 Å². The average Bonchev–Trinajstić information content (AvgIpc) is 2.76. The first-order valence-electron chi connectivity index (χ1n) is 6.49. The van der Waals surface area contributed by atoms with Crippen LogP contribution in [0.4, 0.5) is 5.69 Å². The molecule has 0 bridgehead atoms. The number of carbonyl (C=O) groups excluding carboxylic acids is 1. The van der Waals surface area contributed by atoms with Gasteiger partial charge in [0.25, 0.3) is 5.91 Å². The van der Waals surface area contributed by atoms with Crippen LogP contribution >= 0.6 is 0 Å². The van der Waals surface area contributed by atoms with E-state index in [2.05, 4.69) is 18.4 Å². The fourth-order valence-electron chi connectivity index (χ4n) is 2.50. The predicted octanol–water partition coefficient (Wildman–Crippen LogP) is 2.78. The van der Waals surface area contributed by atoms with Gasteiger partial charge in [0.05, 0.1) is 11.7 Å². The molecule has 1 N–H and O–H groups in total. The largest absolute Gasteiger partial charge is 0.282 e. The lowest BCUT2D eigenvalue weighted by Gasteiger charge is -2.25. The van der Waals surface area contributed by atoms with Crippen LogP contribution in [0.3, 0.4) is 0 Å². The van der Waals surface area contributed by atoms with Gasteiger partial charge in [-0.05, 0) is 37.1 Å². The Morgan fingerprint density at radius 1 is 1.11 bits per heavy atom. The summed E-state index contributed by atoms with van der Waals surface area (Å²) in [4.78, 5) is 12.2. The number of nitrogens with zero attached hydrogens (tertiary/aromatic N) is 1. The molecule has 2 aromatic carbocycles. The molecule has 0 spiro atoms. The van der Waals surface area contributed by atoms with Gasteiger partial charge in [-0.2, -0.15) is 0 Å². The molecule has 0 fully saturated rings. The molecular weight excluding hydrogens is 236 g/mol. The van der Waals surface area contributed by atoms with Crippen molar-refractivity contribution in [2.75, 3.05) is 5.01 Å². The first-order valence-corrected chi connectivity index (χ1v) is 6.49. The van der Waals surface area contributed by atoms with Gasteiger partial charge in [0.2, 0.25) is 0 Å². The highest BCUT2D eigenvalue weighted by atomic mass is 16.2. The Hall–Kier alpha value is -2.29. The minimum atomic E-state index is -0.0656. The van der Waals surface area contributed by atoms with Crippen LogP contribution in [0.15, 0.2) is 54.6 Å². The summed E-state index contributed by atoms with van der Waals surface area (Å²) in [5.74, 6) is -0.0656. The number of fused-ring (bicyclic) bond motifs is 1. The van der Waals surface area contributed by atoms with Crippen molar-refractivity contribution < 1.29 is 4.79 Å². The topological polar surface area (TPSA) is 32.3 Å². The Kier molecular flexibility index (Phi) is 2.95. The minimum absolute atomic E-state index is 0.0656. The van der Waals surface area contributed by atoms with Crippen LogP contribution in [-0.4, -0.2) is 11.9 Å². The molecule has 0 aromatic heterocycles. The smallest absolute Gasteiger partial charge is 0.269 e. The molecule has 0 aliphatic carbocycles. The van der Waals surface area contributed by atoms with Crippen molar-refractivity contribution >= 4 is 11.6 Å². The Morgan fingerprint density at radius 3 is 2.58 bits per heavy atom. The number of para-hydroxylation sites is 1. The number of nitrogens with one attached hydrogen (secondary N) is 1. The maximum atomic E-state index is 12.2. The maximum Gasteiger partial charge on any atom is 0.269 e. The number of amides is 1. The van der Waals surface area contributed by atoms with Crippen molar-refractivity contribution in [1.82, 2.24) is 5.43 Å². The fourth-order valence-corrected chi connectivity index (χ4v) is 2.50. The van der Waals surface area contributed by atoms with Gasteiger partial charge >= 0.3 is 0 Å². The molecule has 1 aliphatic rings. The maximum absolute atomic E-state index is 12.2. The third-order valence-electron chi connectivity index (χ3n) is 3.47. The van der Waals surface area contributed by atoms with Gasteiger partial charge in [0.15, 0.2) is 0 Å². The number of benzene rings is 2. The third kappa shape index (κ3) is 2.19. The van der Waals surface area contributed by atoms with Crippen LogP contribution in [0.5, 0.6) is 0 Å². The van der Waals surface area contributed by atoms with Crippen LogP contribution in [0.25, 0.3) is 0 Å². The lowest BCUT2D eigenvalue weighted by Crippen LogP contribution is -2.45. The Balaban J connectivity index is 1.82. The van der Waals surface area contributed by atoms with Gasteiger partial charge in [-0.1, -0.05) is 36.4 Å². The van der Waals surface area contributed by atoms with Gasteiger partial charge in [-0.25, -0.2) is 0 Å². The van der Waals surface area contributed by atoms with E-state index in [9.17, 15) is 4.79 Å². The summed E-state index contributed by atoms with van der Waals surface area (Å²) in [5.41, 5.74) is 6.05. The first-order chi connectivity index (χ1) is 9.25. The molecule has 3 heteroatoms. The summed E-state index contributed by atoms with van der Waals surface area (Å²) in [6, 6.07) is 17.8. The highest BCUT2D eigenvalue weighted by Crippen LogP contribution is 2.30. The molecule has 0 saturated carbocycles. The van der Waals surface area contributed by atoms with E-state index in [0.29, 0.717) is 5.56 Å². The molecule has 19 heavy (non-hydrogen) atoms. The number of hydrogen-bond donors (Lipinski definition) is 1.